The zero-order chi connectivity index (χ0) is 23.5. The molecule has 0 fully saturated rings. The molecule has 0 aliphatic carbocycles. The van der Waals surface area contributed by atoms with Gasteiger partial charge in [0.1, 0.15) is 17.2 Å². The molecule has 0 aromatic heterocycles. The minimum absolute atomic E-state index is 0. The van der Waals surface area contributed by atoms with Gasteiger partial charge >= 0.3 is 0 Å². The largest absolute Gasteiger partial charge is 0.497 e. The Hall–Kier alpha value is -2.66. The van der Waals surface area contributed by atoms with Crippen LogP contribution in [0.25, 0.3) is 12.2 Å². The first kappa shape index (κ1) is 27.6. The van der Waals surface area contributed by atoms with E-state index in [1.165, 1.54) is 5.56 Å². The Bertz CT molecular complexity index is 1030. The highest BCUT2D eigenvalue weighted by Crippen LogP contribution is 2.30. The van der Waals surface area contributed by atoms with Crippen molar-refractivity contribution in [2.75, 3.05) is 20.8 Å². The van der Waals surface area contributed by atoms with Crippen LogP contribution in [0.4, 0.5) is 0 Å². The van der Waals surface area contributed by atoms with E-state index < -0.39 is 0 Å². The molecule has 34 heavy (non-hydrogen) atoms. The molecule has 0 bridgehead atoms. The van der Waals surface area contributed by atoms with Gasteiger partial charge in [0.25, 0.3) is 0 Å². The van der Waals surface area contributed by atoms with Crippen LogP contribution in [0, 0.1) is 0 Å². The molecule has 0 saturated carbocycles. The van der Waals surface area contributed by atoms with Crippen LogP contribution < -0.4 is 19.5 Å². The van der Waals surface area contributed by atoms with Crippen molar-refractivity contribution in [2.45, 2.75) is 32.9 Å². The molecule has 0 aliphatic heterocycles. The van der Waals surface area contributed by atoms with Crippen LogP contribution in [0.2, 0.25) is 5.02 Å². The zero-order valence-corrected chi connectivity index (χ0v) is 21.5. The summed E-state index contributed by atoms with van der Waals surface area (Å²) in [6.07, 6.45) is 6.37. The molecule has 4 nitrogen and oxygen atoms in total. The number of benzene rings is 3. The van der Waals surface area contributed by atoms with Crippen LogP contribution in [0.1, 0.15) is 42.0 Å². The molecule has 6 heteroatoms. The smallest absolute Gasteiger partial charge is 0.127 e. The van der Waals surface area contributed by atoms with E-state index >= 15 is 0 Å². The Balaban J connectivity index is 0.00000408. The number of nitrogens with one attached hydrogen (secondary N) is 1. The highest BCUT2D eigenvalue weighted by molar-refractivity contribution is 6.30. The molecule has 3 aromatic carbocycles. The zero-order valence-electron chi connectivity index (χ0n) is 20.0. The van der Waals surface area contributed by atoms with E-state index in [1.807, 2.05) is 48.5 Å². The first-order valence-corrected chi connectivity index (χ1v) is 11.6. The Morgan fingerprint density at radius 1 is 0.853 bits per heavy atom. The van der Waals surface area contributed by atoms with Crippen molar-refractivity contribution in [3.63, 3.8) is 0 Å². The van der Waals surface area contributed by atoms with Crippen molar-refractivity contribution >= 4 is 36.2 Å². The average Bonchev–Trinajstić information content (AvgIpc) is 2.85. The molecule has 0 unspecified atom stereocenters. The predicted molar refractivity (Wildman–Crippen MR) is 145 cm³/mol. The fourth-order valence-corrected chi connectivity index (χ4v) is 3.53. The van der Waals surface area contributed by atoms with Gasteiger partial charge in [-0.3, -0.25) is 0 Å². The van der Waals surface area contributed by atoms with E-state index in [4.69, 9.17) is 25.8 Å². The maximum atomic E-state index is 5.99. The topological polar surface area (TPSA) is 39.7 Å². The standard InChI is InChI=1S/C28H32ClNO3.ClH/c1-4-5-16-33-25-14-9-21(10-15-25)6-11-23-17-26(31-2)18-28(32-3)27(23)20-30-19-22-7-12-24(29)13-8-22;/h6-15,17-18,30H,4-5,16,19-20H2,1-3H3;1H/b11-6+;. The predicted octanol–water partition coefficient (Wildman–Crippen LogP) is 7.42. The number of halogens is 2. The van der Waals surface area contributed by atoms with Gasteiger partial charge in [0.2, 0.25) is 0 Å². The molecular weight excluding hydrogens is 469 g/mol. The molecule has 3 rings (SSSR count). The molecular formula is C28H33Cl2NO3. The quantitative estimate of drug-likeness (QED) is 0.207. The van der Waals surface area contributed by atoms with Crippen LogP contribution in [0.15, 0.2) is 60.7 Å². The highest BCUT2D eigenvalue weighted by Gasteiger charge is 2.11. The molecule has 0 atom stereocenters. The van der Waals surface area contributed by atoms with Crippen LogP contribution in [-0.4, -0.2) is 20.8 Å². The fraction of sp³-hybridized carbons (Fsp3) is 0.286. The summed E-state index contributed by atoms with van der Waals surface area (Å²) in [6.45, 7) is 4.29. The van der Waals surface area contributed by atoms with Crippen LogP contribution >= 0.6 is 24.0 Å². The maximum Gasteiger partial charge on any atom is 0.127 e. The van der Waals surface area contributed by atoms with Crippen molar-refractivity contribution in [1.82, 2.24) is 5.32 Å². The first-order chi connectivity index (χ1) is 16.1. The average molecular weight is 502 g/mol. The maximum absolute atomic E-state index is 5.99. The van der Waals surface area contributed by atoms with E-state index in [1.54, 1.807) is 14.2 Å². The third kappa shape index (κ3) is 8.28. The molecule has 182 valence electrons. The van der Waals surface area contributed by atoms with Crippen molar-refractivity contribution in [1.29, 1.82) is 0 Å². The third-order valence-electron chi connectivity index (χ3n) is 5.32. The molecule has 0 radical (unpaired) electrons. The number of rotatable bonds is 12. The van der Waals surface area contributed by atoms with Crippen LogP contribution in [0.3, 0.4) is 0 Å². The molecule has 0 saturated heterocycles. The Morgan fingerprint density at radius 3 is 2.24 bits per heavy atom. The second-order valence-electron chi connectivity index (χ2n) is 7.73. The van der Waals surface area contributed by atoms with E-state index in [0.29, 0.717) is 6.54 Å². The lowest BCUT2D eigenvalue weighted by Crippen LogP contribution is -2.14. The first-order valence-electron chi connectivity index (χ1n) is 11.2. The highest BCUT2D eigenvalue weighted by atomic mass is 35.5. The van der Waals surface area contributed by atoms with E-state index in [-0.39, 0.29) is 12.4 Å². The molecule has 3 aromatic rings. The normalized spacial score (nSPS) is 10.7. The van der Waals surface area contributed by atoms with Crippen LogP contribution in [-0.2, 0) is 13.1 Å². The van der Waals surface area contributed by atoms with Gasteiger partial charge < -0.3 is 19.5 Å². The SMILES string of the molecule is CCCCOc1ccc(/C=C/c2cc(OC)cc(OC)c2CNCc2ccc(Cl)cc2)cc1.Cl. The molecule has 0 heterocycles. The Labute approximate surface area is 214 Å². The van der Waals surface area contributed by atoms with Gasteiger partial charge in [0.05, 0.1) is 20.8 Å². The van der Waals surface area contributed by atoms with Crippen molar-refractivity contribution in [3.05, 3.63) is 87.9 Å². The lowest BCUT2D eigenvalue weighted by molar-refractivity contribution is 0.309. The summed E-state index contributed by atoms with van der Waals surface area (Å²) >= 11 is 5.99. The second-order valence-corrected chi connectivity index (χ2v) is 8.17. The number of ether oxygens (including phenoxy) is 3. The van der Waals surface area contributed by atoms with Gasteiger partial charge in [-0.15, -0.1) is 12.4 Å². The summed E-state index contributed by atoms with van der Waals surface area (Å²) in [5.41, 5.74) is 4.38. The van der Waals surface area contributed by atoms with E-state index in [2.05, 4.69) is 36.5 Å². The number of hydrogen-bond donors (Lipinski definition) is 1. The summed E-state index contributed by atoms with van der Waals surface area (Å²) in [5, 5.41) is 4.25. The van der Waals surface area contributed by atoms with Gasteiger partial charge in [-0.2, -0.15) is 0 Å². The summed E-state index contributed by atoms with van der Waals surface area (Å²) in [4.78, 5) is 0. The number of unbranched alkanes of at least 4 members (excludes halogenated alkanes) is 1. The summed E-state index contributed by atoms with van der Waals surface area (Å²) < 4.78 is 16.9. The van der Waals surface area contributed by atoms with Gasteiger partial charge in [-0.25, -0.2) is 0 Å². The molecule has 0 spiro atoms. The van der Waals surface area contributed by atoms with E-state index in [9.17, 15) is 0 Å². The second kappa shape index (κ2) is 14.6. The van der Waals surface area contributed by atoms with Crippen LogP contribution in [0.5, 0.6) is 17.2 Å². The Morgan fingerprint density at radius 2 is 1.59 bits per heavy atom. The van der Waals surface area contributed by atoms with Gasteiger partial charge in [0, 0.05) is 29.7 Å². The monoisotopic (exact) mass is 501 g/mol. The lowest BCUT2D eigenvalue weighted by atomic mass is 10.0. The summed E-state index contributed by atoms with van der Waals surface area (Å²) in [5.74, 6) is 2.45. The van der Waals surface area contributed by atoms with Crippen molar-refractivity contribution < 1.29 is 14.2 Å². The minimum atomic E-state index is 0. The molecule has 0 amide bonds. The van der Waals surface area contributed by atoms with Gasteiger partial charge in [0.15, 0.2) is 0 Å². The van der Waals surface area contributed by atoms with Crippen molar-refractivity contribution in [3.8, 4) is 17.2 Å². The van der Waals surface area contributed by atoms with E-state index in [0.717, 1.165) is 65.0 Å². The third-order valence-corrected chi connectivity index (χ3v) is 5.57. The van der Waals surface area contributed by atoms with Crippen molar-refractivity contribution in [2.24, 2.45) is 0 Å². The summed E-state index contributed by atoms with van der Waals surface area (Å²) in [6, 6.07) is 19.9. The van der Waals surface area contributed by atoms with Gasteiger partial charge in [-0.1, -0.05) is 61.4 Å². The molecule has 1 N–H and O–H groups in total. The summed E-state index contributed by atoms with van der Waals surface area (Å²) in [7, 11) is 3.35. The van der Waals surface area contributed by atoms with Gasteiger partial charge in [-0.05, 0) is 53.4 Å². The Kier molecular flexibility index (Phi) is 11.8. The minimum Gasteiger partial charge on any atom is -0.497 e. The number of methoxy groups -OCH3 is 2. The number of hydrogen-bond acceptors (Lipinski definition) is 4. The lowest BCUT2D eigenvalue weighted by Gasteiger charge is -2.15. The molecule has 0 aliphatic rings. The fourth-order valence-electron chi connectivity index (χ4n) is 3.41.